The Morgan fingerprint density at radius 1 is 1.00 bits per heavy atom. The predicted octanol–water partition coefficient (Wildman–Crippen LogP) is 2.54. The summed E-state index contributed by atoms with van der Waals surface area (Å²) in [4.78, 5) is 36.5. The van der Waals surface area contributed by atoms with E-state index in [4.69, 9.17) is 5.11 Å². The Morgan fingerprint density at radius 2 is 1.64 bits per heavy atom. The third kappa shape index (κ3) is 5.31. The number of carboxylic acids is 1. The maximum atomic E-state index is 12.7. The number of hydrogen-bond donors (Lipinski definition) is 2. The molecule has 0 saturated carbocycles. The number of nitrogens with one attached hydrogen (secondary N) is 1. The highest BCUT2D eigenvalue weighted by molar-refractivity contribution is 6.07. The first-order chi connectivity index (χ1) is 12.0. The molecule has 0 radical (unpaired) electrons. The van der Waals surface area contributed by atoms with Crippen molar-refractivity contribution in [3.63, 3.8) is 0 Å². The second-order valence-corrected chi connectivity index (χ2v) is 5.35. The van der Waals surface area contributed by atoms with E-state index in [-0.39, 0.29) is 5.91 Å². The maximum Gasteiger partial charge on any atom is 0.328 e. The molecule has 0 aliphatic heterocycles. The van der Waals surface area contributed by atoms with Crippen molar-refractivity contribution in [2.75, 3.05) is 12.4 Å². The van der Waals surface area contributed by atoms with E-state index in [1.807, 2.05) is 30.3 Å². The first-order valence-corrected chi connectivity index (χ1v) is 7.58. The molecule has 2 N–H and O–H groups in total. The Morgan fingerprint density at radius 3 is 2.32 bits per heavy atom. The zero-order valence-corrected chi connectivity index (χ0v) is 13.7. The number of carbonyl (C=O) groups excluding carboxylic acids is 2. The average molecular weight is 338 g/mol. The van der Waals surface area contributed by atoms with Crippen molar-refractivity contribution in [3.8, 4) is 0 Å². The fraction of sp³-hybridized carbons (Fsp3) is 0.105. The molecule has 0 atom stereocenters. The van der Waals surface area contributed by atoms with Gasteiger partial charge in [0, 0.05) is 25.7 Å². The normalized spacial score (nSPS) is 10.4. The molecule has 2 rings (SSSR count). The van der Waals surface area contributed by atoms with Crippen molar-refractivity contribution >= 4 is 23.5 Å². The Labute approximate surface area is 145 Å². The second kappa shape index (κ2) is 8.44. The molecule has 2 amide bonds. The van der Waals surface area contributed by atoms with Gasteiger partial charge in [0.05, 0.1) is 11.3 Å². The summed E-state index contributed by atoms with van der Waals surface area (Å²) in [6, 6.07) is 16.1. The molecule has 0 bridgehead atoms. The molecular formula is C19H18N2O4. The number of rotatable bonds is 6. The van der Waals surface area contributed by atoms with Crippen LogP contribution in [0.4, 0.5) is 5.69 Å². The number of aliphatic carboxylic acids is 1. The Hall–Kier alpha value is -3.41. The van der Waals surface area contributed by atoms with E-state index < -0.39 is 11.9 Å². The van der Waals surface area contributed by atoms with Gasteiger partial charge in [-0.05, 0) is 17.7 Å². The van der Waals surface area contributed by atoms with Crippen molar-refractivity contribution < 1.29 is 19.5 Å². The Balaban J connectivity index is 2.14. The molecule has 0 aliphatic carbocycles. The van der Waals surface area contributed by atoms with Crippen LogP contribution in [0.5, 0.6) is 0 Å². The van der Waals surface area contributed by atoms with Crippen LogP contribution in [-0.2, 0) is 16.1 Å². The van der Waals surface area contributed by atoms with Crippen LogP contribution in [0.2, 0.25) is 0 Å². The highest BCUT2D eigenvalue weighted by atomic mass is 16.4. The number of amides is 2. The van der Waals surface area contributed by atoms with Gasteiger partial charge in [-0.25, -0.2) is 4.79 Å². The van der Waals surface area contributed by atoms with Crippen molar-refractivity contribution in [2.45, 2.75) is 6.54 Å². The van der Waals surface area contributed by atoms with Gasteiger partial charge in [0.1, 0.15) is 0 Å². The predicted molar refractivity (Wildman–Crippen MR) is 94.1 cm³/mol. The van der Waals surface area contributed by atoms with Gasteiger partial charge in [-0.15, -0.1) is 0 Å². The van der Waals surface area contributed by atoms with E-state index in [2.05, 4.69) is 5.32 Å². The van der Waals surface area contributed by atoms with E-state index in [1.165, 1.54) is 0 Å². The molecule has 0 aromatic heterocycles. The number of carbonyl (C=O) groups is 3. The average Bonchev–Trinajstić information content (AvgIpc) is 2.60. The monoisotopic (exact) mass is 338 g/mol. The van der Waals surface area contributed by atoms with Gasteiger partial charge >= 0.3 is 5.97 Å². The van der Waals surface area contributed by atoms with E-state index in [1.54, 1.807) is 36.2 Å². The van der Waals surface area contributed by atoms with Crippen LogP contribution in [0.3, 0.4) is 0 Å². The van der Waals surface area contributed by atoms with E-state index in [0.29, 0.717) is 17.8 Å². The summed E-state index contributed by atoms with van der Waals surface area (Å²) in [7, 11) is 1.68. The van der Waals surface area contributed by atoms with Crippen LogP contribution < -0.4 is 5.32 Å². The van der Waals surface area contributed by atoms with Crippen LogP contribution in [0.1, 0.15) is 15.9 Å². The number of anilines is 1. The molecule has 0 aliphatic rings. The summed E-state index contributed by atoms with van der Waals surface area (Å²) in [6.45, 7) is 0.431. The molecule has 25 heavy (non-hydrogen) atoms. The SMILES string of the molecule is CN(Cc1ccccc1)C(=O)c1ccccc1NC(=O)/C=C/C(=O)O. The van der Waals surface area contributed by atoms with Crippen LogP contribution in [-0.4, -0.2) is 34.8 Å². The molecule has 6 nitrogen and oxygen atoms in total. The van der Waals surface area contributed by atoms with E-state index in [9.17, 15) is 14.4 Å². The zero-order chi connectivity index (χ0) is 18.2. The first kappa shape index (κ1) is 17.9. The minimum absolute atomic E-state index is 0.248. The second-order valence-electron chi connectivity index (χ2n) is 5.35. The third-order valence-corrected chi connectivity index (χ3v) is 3.40. The minimum atomic E-state index is -1.22. The largest absolute Gasteiger partial charge is 0.478 e. The molecule has 0 fully saturated rings. The lowest BCUT2D eigenvalue weighted by Crippen LogP contribution is -2.27. The summed E-state index contributed by atoms with van der Waals surface area (Å²) < 4.78 is 0. The van der Waals surface area contributed by atoms with Gasteiger partial charge in [-0.1, -0.05) is 42.5 Å². The van der Waals surface area contributed by atoms with Gasteiger partial charge in [0.2, 0.25) is 5.91 Å². The third-order valence-electron chi connectivity index (χ3n) is 3.40. The van der Waals surface area contributed by atoms with Gasteiger partial charge in [0.15, 0.2) is 0 Å². The summed E-state index contributed by atoms with van der Waals surface area (Å²) >= 11 is 0. The van der Waals surface area contributed by atoms with Gasteiger partial charge < -0.3 is 15.3 Å². The number of nitrogens with zero attached hydrogens (tertiary/aromatic N) is 1. The maximum absolute atomic E-state index is 12.7. The van der Waals surface area contributed by atoms with Gasteiger partial charge in [-0.2, -0.15) is 0 Å². The van der Waals surface area contributed by atoms with Crippen molar-refractivity contribution in [3.05, 3.63) is 77.9 Å². The Kier molecular flexibility index (Phi) is 6.06. The van der Waals surface area contributed by atoms with Crippen molar-refractivity contribution in [1.82, 2.24) is 4.90 Å². The summed E-state index contributed by atoms with van der Waals surface area (Å²) in [5.41, 5.74) is 1.65. The zero-order valence-electron chi connectivity index (χ0n) is 13.7. The quantitative estimate of drug-likeness (QED) is 0.793. The van der Waals surface area contributed by atoms with Crippen LogP contribution >= 0.6 is 0 Å². The molecule has 2 aromatic carbocycles. The topological polar surface area (TPSA) is 86.7 Å². The lowest BCUT2D eigenvalue weighted by Gasteiger charge is -2.19. The smallest absolute Gasteiger partial charge is 0.328 e. The van der Waals surface area contributed by atoms with Crippen molar-refractivity contribution in [1.29, 1.82) is 0 Å². The number of hydrogen-bond acceptors (Lipinski definition) is 3. The summed E-state index contributed by atoms with van der Waals surface area (Å²) in [5.74, 6) is -2.09. The lowest BCUT2D eigenvalue weighted by atomic mass is 10.1. The summed E-state index contributed by atoms with van der Waals surface area (Å²) in [6.07, 6.45) is 1.64. The molecule has 0 unspecified atom stereocenters. The Bertz CT molecular complexity index is 800. The number of carboxylic acid groups (broad SMARTS) is 1. The summed E-state index contributed by atoms with van der Waals surface area (Å²) in [5, 5.41) is 11.1. The highest BCUT2D eigenvalue weighted by Crippen LogP contribution is 2.18. The molecular weight excluding hydrogens is 320 g/mol. The van der Waals surface area contributed by atoms with Crippen LogP contribution in [0, 0.1) is 0 Å². The number of benzene rings is 2. The molecule has 2 aromatic rings. The fourth-order valence-corrected chi connectivity index (χ4v) is 2.23. The molecule has 6 heteroatoms. The lowest BCUT2D eigenvalue weighted by molar-refractivity contribution is -0.131. The minimum Gasteiger partial charge on any atom is -0.478 e. The van der Waals surface area contributed by atoms with Crippen molar-refractivity contribution in [2.24, 2.45) is 0 Å². The van der Waals surface area contributed by atoms with Crippen LogP contribution in [0.25, 0.3) is 0 Å². The fourth-order valence-electron chi connectivity index (χ4n) is 2.23. The molecule has 0 spiro atoms. The van der Waals surface area contributed by atoms with E-state index in [0.717, 1.165) is 17.7 Å². The van der Waals surface area contributed by atoms with Crippen LogP contribution in [0.15, 0.2) is 66.7 Å². The first-order valence-electron chi connectivity index (χ1n) is 7.58. The standard InChI is InChI=1S/C19H18N2O4/c1-21(13-14-7-3-2-4-8-14)19(25)15-9-5-6-10-16(15)20-17(22)11-12-18(23)24/h2-12H,13H2,1H3,(H,20,22)(H,23,24)/b12-11+. The highest BCUT2D eigenvalue weighted by Gasteiger charge is 2.16. The molecule has 128 valence electrons. The van der Waals surface area contributed by atoms with E-state index >= 15 is 0 Å². The molecule has 0 heterocycles. The molecule has 0 saturated heterocycles. The van der Waals surface area contributed by atoms with Gasteiger partial charge in [-0.3, -0.25) is 9.59 Å². The number of para-hydroxylation sites is 1. The van der Waals surface area contributed by atoms with Gasteiger partial charge in [0.25, 0.3) is 5.91 Å².